The Labute approximate surface area is 157 Å². The molecule has 2 N–H and O–H groups in total. The third-order valence-corrected chi connectivity index (χ3v) is 3.79. The number of halogens is 3. The molecule has 0 bridgehead atoms. The fourth-order valence-corrected chi connectivity index (χ4v) is 2.31. The van der Waals surface area contributed by atoms with Crippen molar-refractivity contribution in [2.75, 3.05) is 0 Å². The SMILES string of the molecule is Cc1c(F)cc2[nH]c(=O)c(=O)[nH]c2c1[N+](=O)[O-].Cc1cc(F)c([N+](=O)[O-])cc1F. The molecule has 0 aliphatic rings. The molecule has 29 heavy (non-hydrogen) atoms. The minimum atomic E-state index is -1.02. The molecule has 3 aromatic rings. The second-order valence-electron chi connectivity index (χ2n) is 5.73. The van der Waals surface area contributed by atoms with Crippen LogP contribution in [0.2, 0.25) is 0 Å². The summed E-state index contributed by atoms with van der Waals surface area (Å²) >= 11 is 0. The minimum Gasteiger partial charge on any atom is -0.316 e. The van der Waals surface area contributed by atoms with Crippen LogP contribution < -0.4 is 11.1 Å². The van der Waals surface area contributed by atoms with Crippen LogP contribution in [0.15, 0.2) is 27.8 Å². The van der Waals surface area contributed by atoms with Crippen LogP contribution in [0.1, 0.15) is 11.1 Å². The van der Waals surface area contributed by atoms with E-state index in [9.17, 15) is 43.0 Å². The zero-order chi connectivity index (χ0) is 22.0. The highest BCUT2D eigenvalue weighted by Crippen LogP contribution is 2.27. The lowest BCUT2D eigenvalue weighted by Crippen LogP contribution is -2.29. The maximum Gasteiger partial charge on any atom is 0.314 e. The summed E-state index contributed by atoms with van der Waals surface area (Å²) in [4.78, 5) is 45.4. The normalized spacial score (nSPS) is 10.4. The number of H-pyrrole nitrogens is 2. The first kappa shape index (κ1) is 21.3. The Bertz CT molecular complexity index is 1270. The number of hydrogen-bond acceptors (Lipinski definition) is 6. The van der Waals surface area contributed by atoms with E-state index in [2.05, 4.69) is 9.97 Å². The molecule has 1 aromatic heterocycles. The molecule has 0 spiro atoms. The van der Waals surface area contributed by atoms with E-state index in [-0.39, 0.29) is 22.2 Å². The van der Waals surface area contributed by atoms with Crippen LogP contribution in [-0.2, 0) is 0 Å². The summed E-state index contributed by atoms with van der Waals surface area (Å²) in [5.41, 5.74) is -3.88. The van der Waals surface area contributed by atoms with E-state index in [0.717, 1.165) is 12.1 Å². The maximum absolute atomic E-state index is 13.4. The third-order valence-electron chi connectivity index (χ3n) is 3.79. The van der Waals surface area contributed by atoms with E-state index in [1.54, 1.807) is 0 Å². The molecule has 1 heterocycles. The molecular weight excluding hydrogens is 401 g/mol. The van der Waals surface area contributed by atoms with Crippen molar-refractivity contribution in [1.29, 1.82) is 0 Å². The summed E-state index contributed by atoms with van der Waals surface area (Å²) in [6.07, 6.45) is 0. The standard InChI is InChI=1S/C9H6FN3O4.C7H5F2NO2/c1-3-4(10)2-5-6(7(3)13(16)17)12-9(15)8(14)11-5;1-4-2-6(9)7(10(11)12)3-5(4)8/h2H,1H3,(H,11,14)(H,12,15);2-3H,1H3. The van der Waals surface area contributed by atoms with Gasteiger partial charge in [-0.1, -0.05) is 0 Å². The van der Waals surface area contributed by atoms with Gasteiger partial charge in [-0.25, -0.2) is 8.78 Å². The van der Waals surface area contributed by atoms with Crippen LogP contribution >= 0.6 is 0 Å². The smallest absolute Gasteiger partial charge is 0.314 e. The molecule has 0 fully saturated rings. The third kappa shape index (κ3) is 4.28. The zero-order valence-corrected chi connectivity index (χ0v) is 14.7. The first-order chi connectivity index (χ1) is 13.4. The summed E-state index contributed by atoms with van der Waals surface area (Å²) in [6, 6.07) is 2.30. The summed E-state index contributed by atoms with van der Waals surface area (Å²) in [5, 5.41) is 20.9. The predicted molar refractivity (Wildman–Crippen MR) is 94.3 cm³/mol. The number of hydrogen-bond donors (Lipinski definition) is 2. The number of fused-ring (bicyclic) bond motifs is 1. The molecule has 0 radical (unpaired) electrons. The maximum atomic E-state index is 13.4. The number of nitrogens with one attached hydrogen (secondary N) is 2. The molecule has 0 unspecified atom stereocenters. The molecule has 2 aromatic carbocycles. The number of nitro groups is 2. The summed E-state index contributed by atoms with van der Waals surface area (Å²) < 4.78 is 38.7. The van der Waals surface area contributed by atoms with Gasteiger partial charge in [0.05, 0.1) is 27.0 Å². The second-order valence-corrected chi connectivity index (χ2v) is 5.73. The molecule has 0 saturated heterocycles. The van der Waals surface area contributed by atoms with E-state index < -0.39 is 49.8 Å². The Hall–Kier alpha value is -4.03. The number of rotatable bonds is 2. The van der Waals surface area contributed by atoms with Gasteiger partial charge < -0.3 is 9.97 Å². The number of aromatic amines is 2. The van der Waals surface area contributed by atoms with Crippen LogP contribution in [0.4, 0.5) is 24.5 Å². The molecule has 152 valence electrons. The van der Waals surface area contributed by atoms with Crippen molar-refractivity contribution in [1.82, 2.24) is 9.97 Å². The topological polar surface area (TPSA) is 152 Å². The van der Waals surface area contributed by atoms with Crippen molar-refractivity contribution >= 4 is 22.4 Å². The van der Waals surface area contributed by atoms with Crippen LogP contribution in [0.3, 0.4) is 0 Å². The number of aryl methyl sites for hydroxylation is 1. The highest BCUT2D eigenvalue weighted by molar-refractivity contribution is 5.85. The molecule has 0 aliphatic carbocycles. The van der Waals surface area contributed by atoms with Gasteiger partial charge in [0.1, 0.15) is 17.2 Å². The Kier molecular flexibility index (Phi) is 5.81. The highest BCUT2D eigenvalue weighted by Gasteiger charge is 2.21. The van der Waals surface area contributed by atoms with Gasteiger partial charge in [0.25, 0.3) is 0 Å². The van der Waals surface area contributed by atoms with Gasteiger partial charge in [-0.3, -0.25) is 29.8 Å². The van der Waals surface area contributed by atoms with E-state index in [0.29, 0.717) is 6.07 Å². The lowest BCUT2D eigenvalue weighted by Gasteiger charge is -2.03. The van der Waals surface area contributed by atoms with E-state index in [1.165, 1.54) is 13.8 Å². The Morgan fingerprint density at radius 3 is 1.97 bits per heavy atom. The van der Waals surface area contributed by atoms with Crippen LogP contribution in [0.25, 0.3) is 11.0 Å². The molecule has 13 heteroatoms. The minimum absolute atomic E-state index is 0.0538. The molecule has 3 rings (SSSR count). The molecule has 0 amide bonds. The van der Waals surface area contributed by atoms with Crippen molar-refractivity contribution in [2.24, 2.45) is 0 Å². The van der Waals surface area contributed by atoms with Crippen molar-refractivity contribution < 1.29 is 23.0 Å². The number of nitro benzene ring substituents is 2. The van der Waals surface area contributed by atoms with E-state index in [4.69, 9.17) is 0 Å². The Morgan fingerprint density at radius 1 is 0.828 bits per heavy atom. The lowest BCUT2D eigenvalue weighted by atomic mass is 10.1. The fraction of sp³-hybridized carbons (Fsp3) is 0.125. The van der Waals surface area contributed by atoms with Crippen LogP contribution in [-0.4, -0.2) is 19.8 Å². The van der Waals surface area contributed by atoms with E-state index >= 15 is 0 Å². The van der Waals surface area contributed by atoms with Crippen LogP contribution in [0.5, 0.6) is 0 Å². The first-order valence-electron chi connectivity index (χ1n) is 7.63. The highest BCUT2D eigenvalue weighted by atomic mass is 19.1. The van der Waals surface area contributed by atoms with Gasteiger partial charge in [-0.2, -0.15) is 4.39 Å². The van der Waals surface area contributed by atoms with Gasteiger partial charge in [-0.15, -0.1) is 0 Å². The van der Waals surface area contributed by atoms with Crippen molar-refractivity contribution in [3.8, 4) is 0 Å². The zero-order valence-electron chi connectivity index (χ0n) is 14.7. The fourth-order valence-electron chi connectivity index (χ4n) is 2.31. The van der Waals surface area contributed by atoms with Crippen molar-refractivity contribution in [2.45, 2.75) is 13.8 Å². The van der Waals surface area contributed by atoms with Gasteiger partial charge in [0, 0.05) is 6.07 Å². The van der Waals surface area contributed by atoms with E-state index in [1.807, 2.05) is 0 Å². The summed E-state index contributed by atoms with van der Waals surface area (Å²) in [6.45, 7) is 2.55. The Balaban J connectivity index is 0.000000221. The Morgan fingerprint density at radius 2 is 1.41 bits per heavy atom. The van der Waals surface area contributed by atoms with Crippen molar-refractivity contribution in [3.63, 3.8) is 0 Å². The number of benzene rings is 2. The van der Waals surface area contributed by atoms with Gasteiger partial charge in [0.2, 0.25) is 5.82 Å². The lowest BCUT2D eigenvalue weighted by molar-refractivity contribution is -0.387. The largest absolute Gasteiger partial charge is 0.316 e. The molecule has 0 saturated carbocycles. The monoisotopic (exact) mass is 412 g/mol. The predicted octanol–water partition coefficient (Wildman–Crippen LogP) is 2.75. The van der Waals surface area contributed by atoms with Gasteiger partial charge in [-0.05, 0) is 25.5 Å². The molecule has 10 nitrogen and oxygen atoms in total. The van der Waals surface area contributed by atoms with Crippen LogP contribution in [0, 0.1) is 51.5 Å². The number of nitrogens with zero attached hydrogens (tertiary/aromatic N) is 2. The first-order valence-corrected chi connectivity index (χ1v) is 7.63. The molecular formula is C16H11F3N4O6. The molecule has 0 aliphatic heterocycles. The quantitative estimate of drug-likeness (QED) is 0.375. The number of aromatic nitrogens is 2. The average Bonchev–Trinajstić information content (AvgIpc) is 2.61. The summed E-state index contributed by atoms with van der Waals surface area (Å²) in [7, 11) is 0. The second kappa shape index (κ2) is 7.92. The van der Waals surface area contributed by atoms with Gasteiger partial charge >= 0.3 is 22.5 Å². The van der Waals surface area contributed by atoms with Crippen molar-refractivity contribution in [3.05, 3.63) is 87.7 Å². The average molecular weight is 412 g/mol. The summed E-state index contributed by atoms with van der Waals surface area (Å²) in [5.74, 6) is -2.62. The van der Waals surface area contributed by atoms with Gasteiger partial charge in [0.15, 0.2) is 0 Å². The molecule has 0 atom stereocenters.